The molecule has 3 rings (SSSR count). The van der Waals surface area contributed by atoms with Gasteiger partial charge in [0.2, 0.25) is 5.95 Å². The summed E-state index contributed by atoms with van der Waals surface area (Å²) in [6.07, 6.45) is 5.94. The Bertz CT molecular complexity index is 689. The number of carbonyl (C=O) groups excluding carboxylic acids is 1. The third-order valence-corrected chi connectivity index (χ3v) is 4.59. The number of amides is 1. The zero-order valence-corrected chi connectivity index (χ0v) is 14.8. The average molecular weight is 338 g/mol. The van der Waals surface area contributed by atoms with Crippen molar-refractivity contribution < 1.29 is 4.79 Å². The molecule has 0 aliphatic carbocycles. The first-order chi connectivity index (χ1) is 12.2. The van der Waals surface area contributed by atoms with Crippen molar-refractivity contribution in [3.8, 4) is 0 Å². The molecule has 1 aliphatic heterocycles. The molecule has 1 atom stereocenters. The largest absolute Gasteiger partial charge is 0.354 e. The minimum Gasteiger partial charge on any atom is -0.354 e. The summed E-state index contributed by atoms with van der Waals surface area (Å²) < 4.78 is 0. The number of aromatic nitrogens is 2. The Morgan fingerprint density at radius 1 is 1.28 bits per heavy atom. The van der Waals surface area contributed by atoms with Gasteiger partial charge in [-0.05, 0) is 43.2 Å². The lowest BCUT2D eigenvalue weighted by Gasteiger charge is -2.30. The third kappa shape index (κ3) is 5.02. The number of carbonyl (C=O) groups is 1. The van der Waals surface area contributed by atoms with Crippen LogP contribution in [0.2, 0.25) is 0 Å². The second-order valence-electron chi connectivity index (χ2n) is 6.78. The van der Waals surface area contributed by atoms with E-state index in [9.17, 15) is 4.79 Å². The van der Waals surface area contributed by atoms with Crippen LogP contribution in [-0.4, -0.2) is 40.4 Å². The summed E-state index contributed by atoms with van der Waals surface area (Å²) in [5, 5.41) is 3.23. The van der Waals surface area contributed by atoms with Gasteiger partial charge in [0.25, 0.3) is 5.91 Å². The molecule has 1 amide bonds. The van der Waals surface area contributed by atoms with Crippen molar-refractivity contribution in [2.45, 2.75) is 32.6 Å². The van der Waals surface area contributed by atoms with E-state index >= 15 is 0 Å². The lowest BCUT2D eigenvalue weighted by atomic mass is 10.00. The van der Waals surface area contributed by atoms with Crippen LogP contribution in [0.3, 0.4) is 0 Å². The molecule has 1 aromatic carbocycles. The Kier molecular flexibility index (Phi) is 5.99. The van der Waals surface area contributed by atoms with E-state index in [2.05, 4.69) is 46.5 Å². The highest BCUT2D eigenvalue weighted by atomic mass is 16.2. The molecule has 0 radical (unpaired) electrons. The molecule has 1 fully saturated rings. The van der Waals surface area contributed by atoms with Crippen LogP contribution in [0.1, 0.15) is 42.2 Å². The molecule has 1 aliphatic rings. The Morgan fingerprint density at radius 3 is 2.92 bits per heavy atom. The topological polar surface area (TPSA) is 58.1 Å². The van der Waals surface area contributed by atoms with Gasteiger partial charge in [-0.3, -0.25) is 4.79 Å². The van der Waals surface area contributed by atoms with Gasteiger partial charge in [-0.15, -0.1) is 0 Å². The number of likely N-dealkylation sites (tertiary alicyclic amines) is 1. The molecule has 1 saturated heterocycles. The number of piperidine rings is 1. The summed E-state index contributed by atoms with van der Waals surface area (Å²) in [4.78, 5) is 23.2. The molecule has 5 nitrogen and oxygen atoms in total. The zero-order valence-electron chi connectivity index (χ0n) is 14.8. The van der Waals surface area contributed by atoms with E-state index < -0.39 is 0 Å². The van der Waals surface area contributed by atoms with Gasteiger partial charge in [-0.2, -0.15) is 0 Å². The van der Waals surface area contributed by atoms with Gasteiger partial charge in [0.15, 0.2) is 0 Å². The Balaban J connectivity index is 1.51. The van der Waals surface area contributed by atoms with Crippen LogP contribution in [0.25, 0.3) is 0 Å². The maximum absolute atomic E-state index is 12.6. The third-order valence-electron chi connectivity index (χ3n) is 4.59. The summed E-state index contributed by atoms with van der Waals surface area (Å²) in [6.45, 7) is 4.63. The first kappa shape index (κ1) is 17.4. The van der Waals surface area contributed by atoms with Crippen LogP contribution in [0.5, 0.6) is 0 Å². The lowest BCUT2D eigenvalue weighted by molar-refractivity contribution is 0.0677. The molecule has 2 aromatic rings. The van der Waals surface area contributed by atoms with E-state index in [-0.39, 0.29) is 5.91 Å². The normalized spacial score (nSPS) is 17.3. The highest BCUT2D eigenvalue weighted by Crippen LogP contribution is 2.17. The van der Waals surface area contributed by atoms with Crippen molar-refractivity contribution in [3.63, 3.8) is 0 Å². The molecule has 1 unspecified atom stereocenters. The van der Waals surface area contributed by atoms with E-state index in [1.54, 1.807) is 12.3 Å². The Morgan fingerprint density at radius 2 is 2.12 bits per heavy atom. The molecule has 1 aromatic heterocycles. The molecule has 0 bridgehead atoms. The van der Waals surface area contributed by atoms with Crippen LogP contribution >= 0.6 is 0 Å². The standard InChI is InChI=1S/C20H26N4O/c1-16-7-6-14-24(15-16)19(25)18-11-13-22-20(23-18)21-12-5-10-17-8-3-2-4-9-17/h2-4,8-9,11,13,16H,5-7,10,12,14-15H2,1H3,(H,21,22,23). The monoisotopic (exact) mass is 338 g/mol. The summed E-state index contributed by atoms with van der Waals surface area (Å²) in [5.41, 5.74) is 1.81. The van der Waals surface area contributed by atoms with Crippen LogP contribution in [0, 0.1) is 5.92 Å². The molecule has 0 spiro atoms. The molecular formula is C20H26N4O. The van der Waals surface area contributed by atoms with Crippen LogP contribution in [-0.2, 0) is 6.42 Å². The summed E-state index contributed by atoms with van der Waals surface area (Å²) in [5.74, 6) is 1.11. The van der Waals surface area contributed by atoms with Crippen molar-refractivity contribution in [2.75, 3.05) is 25.0 Å². The smallest absolute Gasteiger partial charge is 0.272 e. The first-order valence-corrected chi connectivity index (χ1v) is 9.12. The number of nitrogens with one attached hydrogen (secondary N) is 1. The van der Waals surface area contributed by atoms with Crippen molar-refractivity contribution >= 4 is 11.9 Å². The number of rotatable bonds is 6. The summed E-state index contributed by atoms with van der Waals surface area (Å²) in [7, 11) is 0. The molecule has 25 heavy (non-hydrogen) atoms. The highest BCUT2D eigenvalue weighted by molar-refractivity contribution is 5.92. The number of benzene rings is 1. The Hall–Kier alpha value is -2.43. The predicted molar refractivity (Wildman–Crippen MR) is 99.6 cm³/mol. The van der Waals surface area contributed by atoms with Crippen molar-refractivity contribution in [1.82, 2.24) is 14.9 Å². The van der Waals surface area contributed by atoms with Gasteiger partial charge in [0.1, 0.15) is 5.69 Å². The van der Waals surface area contributed by atoms with E-state index in [1.165, 1.54) is 12.0 Å². The molecule has 0 saturated carbocycles. The quantitative estimate of drug-likeness (QED) is 0.820. The number of aryl methyl sites for hydroxylation is 1. The lowest BCUT2D eigenvalue weighted by Crippen LogP contribution is -2.39. The molecule has 2 heterocycles. The predicted octanol–water partition coefficient (Wildman–Crippen LogP) is 3.39. The SMILES string of the molecule is CC1CCCN(C(=O)c2ccnc(NCCCc3ccccc3)n2)C1. The van der Waals surface area contributed by atoms with Crippen molar-refractivity contribution in [3.05, 3.63) is 53.9 Å². The number of nitrogens with zero attached hydrogens (tertiary/aromatic N) is 3. The summed E-state index contributed by atoms with van der Waals surface area (Å²) in [6, 6.07) is 12.1. The van der Waals surface area contributed by atoms with Crippen LogP contribution in [0.4, 0.5) is 5.95 Å². The highest BCUT2D eigenvalue weighted by Gasteiger charge is 2.23. The van der Waals surface area contributed by atoms with E-state index in [1.807, 2.05) is 11.0 Å². The van der Waals surface area contributed by atoms with Gasteiger partial charge in [0.05, 0.1) is 0 Å². The summed E-state index contributed by atoms with van der Waals surface area (Å²) >= 11 is 0. The Labute approximate surface area is 149 Å². The fraction of sp³-hybridized carbons (Fsp3) is 0.450. The first-order valence-electron chi connectivity index (χ1n) is 9.12. The van der Waals surface area contributed by atoms with Crippen LogP contribution in [0.15, 0.2) is 42.6 Å². The van der Waals surface area contributed by atoms with Gasteiger partial charge < -0.3 is 10.2 Å². The molecule has 5 heteroatoms. The number of anilines is 1. The second-order valence-corrected chi connectivity index (χ2v) is 6.78. The number of hydrogen-bond acceptors (Lipinski definition) is 4. The minimum absolute atomic E-state index is 0.0151. The number of hydrogen-bond donors (Lipinski definition) is 1. The maximum atomic E-state index is 12.6. The molecular weight excluding hydrogens is 312 g/mol. The van der Waals surface area contributed by atoms with Crippen molar-refractivity contribution in [1.29, 1.82) is 0 Å². The fourth-order valence-corrected chi connectivity index (χ4v) is 3.24. The van der Waals surface area contributed by atoms with Gasteiger partial charge in [-0.25, -0.2) is 9.97 Å². The maximum Gasteiger partial charge on any atom is 0.272 e. The van der Waals surface area contributed by atoms with E-state index in [0.717, 1.165) is 38.9 Å². The van der Waals surface area contributed by atoms with E-state index in [0.29, 0.717) is 17.6 Å². The second kappa shape index (κ2) is 8.60. The minimum atomic E-state index is 0.0151. The average Bonchev–Trinajstić information content (AvgIpc) is 2.66. The van der Waals surface area contributed by atoms with Gasteiger partial charge in [-0.1, -0.05) is 37.3 Å². The van der Waals surface area contributed by atoms with Crippen LogP contribution < -0.4 is 5.32 Å². The zero-order chi connectivity index (χ0) is 17.5. The molecule has 132 valence electrons. The molecule has 1 N–H and O–H groups in total. The van der Waals surface area contributed by atoms with E-state index in [4.69, 9.17) is 0 Å². The van der Waals surface area contributed by atoms with Gasteiger partial charge >= 0.3 is 0 Å². The van der Waals surface area contributed by atoms with Gasteiger partial charge in [0, 0.05) is 25.8 Å². The fourth-order valence-electron chi connectivity index (χ4n) is 3.24. The van der Waals surface area contributed by atoms with Crippen molar-refractivity contribution in [2.24, 2.45) is 5.92 Å².